The molecule has 0 aliphatic heterocycles. The summed E-state index contributed by atoms with van der Waals surface area (Å²) in [5.41, 5.74) is 0. The first kappa shape index (κ1) is 29.3. The van der Waals surface area contributed by atoms with Crippen LogP contribution in [0.15, 0.2) is 0 Å². The summed E-state index contributed by atoms with van der Waals surface area (Å²) in [4.78, 5) is 24.8. The number of rotatable bonds is 8. The number of Topliss-reactive ketones (excluding diaryl/α,β-unsaturated/α-hetero) is 1. The molecule has 0 aromatic heterocycles. The fraction of sp³-hybridized carbons (Fsp3) is 0.692. The first-order valence-electron chi connectivity index (χ1n) is 5.86. The van der Waals surface area contributed by atoms with Crippen molar-refractivity contribution < 1.29 is 79.5 Å². The molecule has 0 aliphatic carbocycles. The summed E-state index contributed by atoms with van der Waals surface area (Å²) in [5.74, 6) is -0.331. The van der Waals surface area contributed by atoms with E-state index in [9.17, 15) is 9.59 Å². The van der Waals surface area contributed by atoms with Gasteiger partial charge in [-0.25, -0.2) is 0 Å². The number of amides is 1. The molecule has 113 valence electrons. The average molecular weight is 436 g/mol. The van der Waals surface area contributed by atoms with E-state index in [1.54, 1.807) is 6.42 Å². The first-order valence-corrected chi connectivity index (χ1v) is 5.86. The van der Waals surface area contributed by atoms with Gasteiger partial charge >= 0.3 is 0 Å². The first-order chi connectivity index (χ1) is 7.76. The molecule has 0 aromatic rings. The van der Waals surface area contributed by atoms with E-state index in [1.165, 1.54) is 0 Å². The van der Waals surface area contributed by atoms with Gasteiger partial charge in [-0.15, -0.1) is 0 Å². The Hall–Kier alpha value is 1.27. The molecule has 0 spiro atoms. The van der Waals surface area contributed by atoms with Gasteiger partial charge in [-0.05, 0) is 21.0 Å². The Balaban J connectivity index is -0.000000427. The van der Waals surface area contributed by atoms with E-state index >= 15 is 0 Å². The summed E-state index contributed by atoms with van der Waals surface area (Å²) in [7, 11) is 7.82. The fourth-order valence-corrected chi connectivity index (χ4v) is 0.991. The van der Waals surface area contributed by atoms with Gasteiger partial charge in [0, 0.05) is 78.4 Å². The molecule has 0 heterocycles. The predicted octanol–water partition coefficient (Wildman–Crippen LogP) is 0.327. The van der Waals surface area contributed by atoms with Crippen LogP contribution in [-0.2, 0) is 75.0 Å². The Morgan fingerprint density at radius 1 is 1.20 bits per heavy atom. The third-order valence-electron chi connectivity index (χ3n) is 2.58. The molecular formula is C13H28N3O2Y2. The van der Waals surface area contributed by atoms with Gasteiger partial charge < -0.3 is 22.1 Å². The van der Waals surface area contributed by atoms with E-state index in [1.807, 2.05) is 33.1 Å². The molecule has 0 fully saturated rings. The summed E-state index contributed by atoms with van der Waals surface area (Å²) in [6, 6.07) is 0. The van der Waals surface area contributed by atoms with Gasteiger partial charge in [-0.2, -0.15) is 0 Å². The van der Waals surface area contributed by atoms with Crippen LogP contribution in [0.3, 0.4) is 0 Å². The predicted molar refractivity (Wildman–Crippen MR) is 74.6 cm³/mol. The summed E-state index contributed by atoms with van der Waals surface area (Å²) in [6.07, 6.45) is 1.48. The van der Waals surface area contributed by atoms with Gasteiger partial charge in [0.1, 0.15) is 5.78 Å². The zero-order valence-corrected chi connectivity index (χ0v) is 19.4. The maximum Gasteiger partial charge on any atom is 0.231 e. The molecule has 0 saturated heterocycles. The Morgan fingerprint density at radius 2 is 1.70 bits per heavy atom. The molecule has 3 radical (unpaired) electrons. The number of quaternary nitrogens is 1. The van der Waals surface area contributed by atoms with Crippen LogP contribution in [0.4, 0.5) is 0 Å². The fourth-order valence-electron chi connectivity index (χ4n) is 0.991. The molecule has 0 aromatic carbocycles. The number of hydrogen-bond acceptors (Lipinski definition) is 3. The summed E-state index contributed by atoms with van der Waals surface area (Å²) < 4.78 is 0.710. The number of hydrogen-bond donors (Lipinski definition) is 1. The van der Waals surface area contributed by atoms with Crippen LogP contribution >= 0.6 is 0 Å². The molecule has 1 amide bonds. The molecule has 0 saturated carbocycles. The van der Waals surface area contributed by atoms with Gasteiger partial charge in [-0.3, -0.25) is 9.59 Å². The Kier molecular flexibility index (Phi) is 22.2. The standard InChI is InChI=1S/C12H24N3O2.CH3.2Y/c1-6-15(4,5)10-13-12(17)9-11(16)7-8-14(2)3;;;/h7H,6,8-10H2,1-5H3;1H3;;/q;-1;;/p+1. The van der Waals surface area contributed by atoms with E-state index in [-0.39, 0.29) is 91.0 Å². The molecule has 7 heteroatoms. The molecule has 0 unspecified atom stereocenters. The van der Waals surface area contributed by atoms with Crippen LogP contribution < -0.4 is 5.32 Å². The van der Waals surface area contributed by atoms with Crippen LogP contribution in [0.1, 0.15) is 13.3 Å². The second kappa shape index (κ2) is 15.2. The van der Waals surface area contributed by atoms with Crippen LogP contribution in [0.25, 0.3) is 0 Å². The van der Waals surface area contributed by atoms with Gasteiger partial charge in [0.15, 0.2) is 6.67 Å². The smallest absolute Gasteiger partial charge is 0.231 e. The maximum absolute atomic E-state index is 11.5. The third kappa shape index (κ3) is 17.3. The minimum Gasteiger partial charge on any atom is -0.358 e. The van der Waals surface area contributed by atoms with Crippen LogP contribution in [0.5, 0.6) is 0 Å². The molecule has 0 rings (SSSR count). The Bertz CT molecular complexity index is 272. The molecule has 5 nitrogen and oxygen atoms in total. The second-order valence-electron chi connectivity index (χ2n) is 5.12. The normalized spacial score (nSPS) is 9.90. The minimum atomic E-state index is -0.204. The van der Waals surface area contributed by atoms with Crippen LogP contribution in [-0.4, -0.2) is 69.0 Å². The third-order valence-corrected chi connectivity index (χ3v) is 2.58. The number of carbonyl (C=O) groups is 2. The van der Waals surface area contributed by atoms with Crippen molar-refractivity contribution in [2.75, 3.05) is 47.9 Å². The van der Waals surface area contributed by atoms with Crippen molar-refractivity contribution in [2.24, 2.45) is 0 Å². The van der Waals surface area contributed by atoms with Crippen molar-refractivity contribution in [3.8, 4) is 0 Å². The number of ketones is 1. The summed E-state index contributed by atoms with van der Waals surface area (Å²) >= 11 is 0. The average Bonchev–Trinajstić information content (AvgIpc) is 2.24. The quantitative estimate of drug-likeness (QED) is 0.258. The van der Waals surface area contributed by atoms with E-state index < -0.39 is 0 Å². The molecule has 1 N–H and O–H groups in total. The maximum atomic E-state index is 11.5. The van der Waals surface area contributed by atoms with Crippen molar-refractivity contribution in [3.63, 3.8) is 0 Å². The van der Waals surface area contributed by atoms with E-state index in [4.69, 9.17) is 0 Å². The zero-order chi connectivity index (χ0) is 13.5. The van der Waals surface area contributed by atoms with E-state index in [0.29, 0.717) is 17.7 Å². The second-order valence-corrected chi connectivity index (χ2v) is 5.12. The molecule has 0 atom stereocenters. The van der Waals surface area contributed by atoms with Gasteiger partial charge in [0.2, 0.25) is 5.91 Å². The summed E-state index contributed by atoms with van der Waals surface area (Å²) in [5, 5.41) is 2.77. The Morgan fingerprint density at radius 3 is 2.10 bits per heavy atom. The SMILES string of the molecule is CC[N+](C)(C)CNC(=O)CC(=O)[CH]CN(C)C.[CH3-].[Y].[Y]. The molecule has 0 aliphatic rings. The number of nitrogens with zero attached hydrogens (tertiary/aromatic N) is 2. The Labute approximate surface area is 174 Å². The van der Waals surface area contributed by atoms with Crippen molar-refractivity contribution >= 4 is 11.7 Å². The molecular weight excluding hydrogens is 408 g/mol. The summed E-state index contributed by atoms with van der Waals surface area (Å²) in [6.45, 7) is 4.11. The van der Waals surface area contributed by atoms with Gasteiger partial charge in [-0.1, -0.05) is 0 Å². The monoisotopic (exact) mass is 436 g/mol. The van der Waals surface area contributed by atoms with Crippen molar-refractivity contribution in [1.29, 1.82) is 0 Å². The van der Waals surface area contributed by atoms with Crippen molar-refractivity contribution in [3.05, 3.63) is 13.8 Å². The van der Waals surface area contributed by atoms with Crippen molar-refractivity contribution in [1.82, 2.24) is 10.2 Å². The zero-order valence-electron chi connectivity index (χ0n) is 13.8. The number of carbonyl (C=O) groups excluding carboxylic acids is 2. The van der Waals surface area contributed by atoms with Crippen molar-refractivity contribution in [2.45, 2.75) is 13.3 Å². The van der Waals surface area contributed by atoms with E-state index in [2.05, 4.69) is 12.2 Å². The molecule has 20 heavy (non-hydrogen) atoms. The number of nitrogens with one attached hydrogen (secondary N) is 1. The topological polar surface area (TPSA) is 49.4 Å². The largest absolute Gasteiger partial charge is 0.358 e. The van der Waals surface area contributed by atoms with Crippen LogP contribution in [0, 0.1) is 13.8 Å². The van der Waals surface area contributed by atoms with Gasteiger partial charge in [0.05, 0.1) is 27.1 Å². The molecule has 0 bridgehead atoms. The van der Waals surface area contributed by atoms with E-state index in [0.717, 1.165) is 6.54 Å². The van der Waals surface area contributed by atoms with Crippen LogP contribution in [0.2, 0.25) is 0 Å². The minimum absolute atomic E-state index is 0. The van der Waals surface area contributed by atoms with Gasteiger partial charge in [0.25, 0.3) is 0 Å².